The molecule has 106 valence electrons. The van der Waals surface area contributed by atoms with Crippen molar-refractivity contribution in [1.29, 1.82) is 0 Å². The number of aromatic nitrogens is 1. The normalized spacial score (nSPS) is 11.8. The quantitative estimate of drug-likeness (QED) is 0.792. The van der Waals surface area contributed by atoms with E-state index in [4.69, 9.17) is 0 Å². The lowest BCUT2D eigenvalue weighted by molar-refractivity contribution is -0.130. The van der Waals surface area contributed by atoms with Crippen molar-refractivity contribution >= 4 is 17.4 Å². The summed E-state index contributed by atoms with van der Waals surface area (Å²) in [5.41, 5.74) is 0.902. The molecule has 0 bridgehead atoms. The van der Waals surface area contributed by atoms with Crippen molar-refractivity contribution in [1.82, 2.24) is 9.88 Å². The molecule has 0 aliphatic carbocycles. The van der Waals surface area contributed by atoms with Crippen LogP contribution in [0.3, 0.4) is 0 Å². The number of hydrogen-bond donors (Lipinski definition) is 2. The van der Waals surface area contributed by atoms with Gasteiger partial charge >= 0.3 is 0 Å². The molecule has 1 rings (SSSR count). The third kappa shape index (κ3) is 4.77. The smallest absolute Gasteiger partial charge is 0.244 e. The van der Waals surface area contributed by atoms with Gasteiger partial charge in [-0.2, -0.15) is 0 Å². The summed E-state index contributed by atoms with van der Waals surface area (Å²) in [5.74, 6) is 0.915. The molecular formula is C14H24N4O. The molecule has 0 aromatic carbocycles. The minimum atomic E-state index is -0.244. The number of hydrogen-bond acceptors (Lipinski definition) is 4. The number of likely N-dealkylation sites (N-methyl/N-ethyl adjacent to an activating group) is 1. The van der Waals surface area contributed by atoms with Crippen molar-refractivity contribution in [3.05, 3.63) is 18.3 Å². The van der Waals surface area contributed by atoms with Gasteiger partial charge in [0.1, 0.15) is 11.9 Å². The maximum atomic E-state index is 12.0. The Morgan fingerprint density at radius 1 is 1.47 bits per heavy atom. The molecule has 0 aliphatic heterocycles. The Kier molecular flexibility index (Phi) is 6.12. The van der Waals surface area contributed by atoms with Gasteiger partial charge < -0.3 is 15.5 Å². The van der Waals surface area contributed by atoms with Crippen molar-refractivity contribution < 1.29 is 4.79 Å². The van der Waals surface area contributed by atoms with Crippen LogP contribution in [0.4, 0.5) is 11.5 Å². The summed E-state index contributed by atoms with van der Waals surface area (Å²) >= 11 is 0. The summed E-state index contributed by atoms with van der Waals surface area (Å²) in [6.07, 6.45) is 2.79. The van der Waals surface area contributed by atoms with Gasteiger partial charge in [-0.1, -0.05) is 6.92 Å². The molecule has 19 heavy (non-hydrogen) atoms. The third-order valence-corrected chi connectivity index (χ3v) is 2.92. The topological polar surface area (TPSA) is 57.3 Å². The summed E-state index contributed by atoms with van der Waals surface area (Å²) in [6.45, 7) is 7.54. The molecule has 0 saturated heterocycles. The number of amides is 1. The molecule has 1 unspecified atom stereocenters. The molecule has 0 saturated carbocycles. The van der Waals surface area contributed by atoms with Gasteiger partial charge in [0.15, 0.2) is 0 Å². The van der Waals surface area contributed by atoms with E-state index in [9.17, 15) is 4.79 Å². The minimum absolute atomic E-state index is 0.0855. The van der Waals surface area contributed by atoms with Gasteiger partial charge in [0.2, 0.25) is 5.91 Å². The van der Waals surface area contributed by atoms with Crippen LogP contribution >= 0.6 is 0 Å². The third-order valence-electron chi connectivity index (χ3n) is 2.92. The number of carbonyl (C=O) groups is 1. The van der Waals surface area contributed by atoms with E-state index >= 15 is 0 Å². The maximum absolute atomic E-state index is 12.0. The molecule has 0 spiro atoms. The van der Waals surface area contributed by atoms with E-state index in [-0.39, 0.29) is 11.9 Å². The van der Waals surface area contributed by atoms with Gasteiger partial charge in [-0.15, -0.1) is 0 Å². The van der Waals surface area contributed by atoms with Gasteiger partial charge in [-0.05, 0) is 26.3 Å². The number of carbonyl (C=O) groups excluding carboxylic acids is 1. The van der Waals surface area contributed by atoms with E-state index in [0.29, 0.717) is 6.54 Å². The van der Waals surface area contributed by atoms with Crippen molar-refractivity contribution in [3.63, 3.8) is 0 Å². The lowest BCUT2D eigenvalue weighted by Crippen LogP contribution is -2.38. The van der Waals surface area contributed by atoms with Crippen LogP contribution in [0.25, 0.3) is 0 Å². The molecule has 0 fully saturated rings. The van der Waals surface area contributed by atoms with Gasteiger partial charge in [0, 0.05) is 38.1 Å². The predicted octanol–water partition coefficient (Wildman–Crippen LogP) is 2.18. The largest absolute Gasteiger partial charge is 0.374 e. The van der Waals surface area contributed by atoms with Gasteiger partial charge in [-0.3, -0.25) is 4.79 Å². The summed E-state index contributed by atoms with van der Waals surface area (Å²) in [5, 5.41) is 6.43. The maximum Gasteiger partial charge on any atom is 0.244 e. The van der Waals surface area contributed by atoms with Gasteiger partial charge in [0.25, 0.3) is 0 Å². The number of nitrogens with one attached hydrogen (secondary N) is 2. The molecule has 0 aliphatic rings. The van der Waals surface area contributed by atoms with Crippen molar-refractivity contribution in [3.8, 4) is 0 Å². The Morgan fingerprint density at radius 2 is 2.21 bits per heavy atom. The Morgan fingerprint density at radius 3 is 2.84 bits per heavy atom. The number of nitrogens with zero attached hydrogens (tertiary/aromatic N) is 2. The highest BCUT2D eigenvalue weighted by molar-refractivity contribution is 5.84. The summed E-state index contributed by atoms with van der Waals surface area (Å²) in [6, 6.07) is 3.55. The van der Waals surface area contributed by atoms with Crippen LogP contribution in [0.2, 0.25) is 0 Å². The lowest BCUT2D eigenvalue weighted by atomic mass is 10.2. The summed E-state index contributed by atoms with van der Waals surface area (Å²) in [4.78, 5) is 17.9. The number of anilines is 2. The van der Waals surface area contributed by atoms with Crippen LogP contribution < -0.4 is 10.6 Å². The first-order valence-electron chi connectivity index (χ1n) is 6.79. The molecular weight excluding hydrogens is 240 g/mol. The van der Waals surface area contributed by atoms with E-state index in [1.54, 1.807) is 18.1 Å². The first-order chi connectivity index (χ1) is 9.08. The second-order valence-electron chi connectivity index (χ2n) is 4.57. The van der Waals surface area contributed by atoms with Crippen LogP contribution in [0, 0.1) is 0 Å². The zero-order valence-electron chi connectivity index (χ0n) is 12.2. The second-order valence-corrected chi connectivity index (χ2v) is 4.57. The molecule has 5 nitrogen and oxygen atoms in total. The summed E-state index contributed by atoms with van der Waals surface area (Å²) < 4.78 is 0. The fourth-order valence-corrected chi connectivity index (χ4v) is 1.67. The minimum Gasteiger partial charge on any atom is -0.374 e. The first kappa shape index (κ1) is 15.3. The average Bonchev–Trinajstić information content (AvgIpc) is 2.43. The summed E-state index contributed by atoms with van der Waals surface area (Å²) in [7, 11) is 1.81. The van der Waals surface area contributed by atoms with Crippen LogP contribution in [0.5, 0.6) is 0 Å². The first-order valence-corrected chi connectivity index (χ1v) is 6.79. The average molecular weight is 264 g/mol. The van der Waals surface area contributed by atoms with Crippen molar-refractivity contribution in [2.24, 2.45) is 0 Å². The van der Waals surface area contributed by atoms with E-state index in [1.807, 2.05) is 26.0 Å². The highest BCUT2D eigenvalue weighted by Gasteiger charge is 2.15. The van der Waals surface area contributed by atoms with E-state index in [1.165, 1.54) is 0 Å². The highest BCUT2D eigenvalue weighted by atomic mass is 16.2. The number of rotatable bonds is 7. The van der Waals surface area contributed by atoms with E-state index in [0.717, 1.165) is 24.5 Å². The molecule has 2 N–H and O–H groups in total. The molecule has 1 amide bonds. The van der Waals surface area contributed by atoms with Crippen LogP contribution in [-0.4, -0.2) is 42.0 Å². The fourth-order valence-electron chi connectivity index (χ4n) is 1.67. The Bertz CT molecular complexity index is 408. The molecule has 1 aromatic heterocycles. The Labute approximate surface area is 115 Å². The van der Waals surface area contributed by atoms with Crippen molar-refractivity contribution in [2.75, 3.05) is 30.8 Å². The van der Waals surface area contributed by atoms with Gasteiger partial charge in [0.05, 0.1) is 0 Å². The standard InChI is InChI=1S/C14H24N4O/c1-5-8-15-13-10-12(7-9-16-13)17-11(3)14(19)18(4)6-2/h7,9-11H,5-6,8H2,1-4H3,(H2,15,16,17). The molecule has 1 atom stereocenters. The molecule has 0 radical (unpaired) electrons. The number of pyridine rings is 1. The Balaban J connectivity index is 2.63. The molecule has 1 aromatic rings. The zero-order chi connectivity index (χ0) is 14.3. The Hall–Kier alpha value is -1.78. The highest BCUT2D eigenvalue weighted by Crippen LogP contribution is 2.13. The van der Waals surface area contributed by atoms with Crippen LogP contribution in [-0.2, 0) is 4.79 Å². The van der Waals surface area contributed by atoms with Crippen molar-refractivity contribution in [2.45, 2.75) is 33.2 Å². The molecule has 5 heteroatoms. The van der Waals surface area contributed by atoms with Gasteiger partial charge in [-0.25, -0.2) is 4.98 Å². The van der Waals surface area contributed by atoms with Crippen LogP contribution in [0.15, 0.2) is 18.3 Å². The van der Waals surface area contributed by atoms with Crippen LogP contribution in [0.1, 0.15) is 27.2 Å². The predicted molar refractivity (Wildman–Crippen MR) is 79.4 cm³/mol. The zero-order valence-corrected chi connectivity index (χ0v) is 12.2. The van der Waals surface area contributed by atoms with E-state index in [2.05, 4.69) is 22.5 Å². The molecule has 1 heterocycles. The fraction of sp³-hybridized carbons (Fsp3) is 0.571. The monoisotopic (exact) mass is 264 g/mol. The second kappa shape index (κ2) is 7.61. The lowest BCUT2D eigenvalue weighted by Gasteiger charge is -2.21. The SMILES string of the molecule is CCCNc1cc(NC(C)C(=O)N(C)CC)ccn1. The van der Waals surface area contributed by atoms with E-state index < -0.39 is 0 Å².